The van der Waals surface area contributed by atoms with Crippen LogP contribution in [0.15, 0.2) is 47.4 Å². The largest absolute Gasteiger partial charge is 0.426 e. The highest BCUT2D eigenvalue weighted by Crippen LogP contribution is 2.30. The van der Waals surface area contributed by atoms with Crippen LogP contribution >= 0.6 is 23.2 Å². The van der Waals surface area contributed by atoms with Crippen molar-refractivity contribution in [3.8, 4) is 5.75 Å². The van der Waals surface area contributed by atoms with Gasteiger partial charge in [0.25, 0.3) is 0 Å². The van der Waals surface area contributed by atoms with Crippen molar-refractivity contribution in [2.24, 2.45) is 5.92 Å². The highest BCUT2D eigenvalue weighted by Gasteiger charge is 2.34. The molecule has 1 fully saturated rings. The molecule has 0 aromatic heterocycles. The predicted octanol–water partition coefficient (Wildman–Crippen LogP) is 4.56. The fraction of sp³-hybridized carbons (Fsp3) is 0.350. The second kappa shape index (κ2) is 8.82. The molecule has 0 spiro atoms. The Labute approximate surface area is 175 Å². The Morgan fingerprint density at radius 2 is 1.75 bits per heavy atom. The van der Waals surface area contributed by atoms with Crippen LogP contribution in [0.3, 0.4) is 0 Å². The van der Waals surface area contributed by atoms with E-state index in [1.807, 2.05) is 12.1 Å². The second-order valence-electron chi connectivity index (χ2n) is 6.67. The summed E-state index contributed by atoms with van der Waals surface area (Å²) in [5, 5.41) is 0.428. The Kier molecular flexibility index (Phi) is 6.65. The zero-order valence-corrected chi connectivity index (χ0v) is 17.7. The van der Waals surface area contributed by atoms with Gasteiger partial charge in [-0.15, -0.1) is 0 Å². The standard InChI is InChI=1S/C20H21Cl2NO4S/c1-2-14-3-6-17(7-4-14)27-20(24)15-9-11-23(12-10-15)28(25,26)19-13-16(21)5-8-18(19)22/h3-8,13,15H,2,9-12H2,1H3. The van der Waals surface area contributed by atoms with E-state index in [4.69, 9.17) is 27.9 Å². The fourth-order valence-corrected chi connectivity index (χ4v) is 5.35. The molecule has 2 aromatic rings. The summed E-state index contributed by atoms with van der Waals surface area (Å²) in [4.78, 5) is 12.4. The molecule has 150 valence electrons. The van der Waals surface area contributed by atoms with Gasteiger partial charge in [0.2, 0.25) is 10.0 Å². The van der Waals surface area contributed by atoms with Crippen LogP contribution in [0.1, 0.15) is 25.3 Å². The van der Waals surface area contributed by atoms with Crippen molar-refractivity contribution >= 4 is 39.2 Å². The average molecular weight is 442 g/mol. The number of rotatable bonds is 5. The number of esters is 1. The normalized spacial score (nSPS) is 16.1. The quantitative estimate of drug-likeness (QED) is 0.503. The van der Waals surface area contributed by atoms with Crippen LogP contribution < -0.4 is 4.74 Å². The Morgan fingerprint density at radius 1 is 1.11 bits per heavy atom. The van der Waals surface area contributed by atoms with Crippen LogP contribution in [0.25, 0.3) is 0 Å². The van der Waals surface area contributed by atoms with Crippen LogP contribution in [0, 0.1) is 5.92 Å². The van der Waals surface area contributed by atoms with Gasteiger partial charge in [-0.2, -0.15) is 4.31 Å². The minimum Gasteiger partial charge on any atom is -0.426 e. The minimum absolute atomic E-state index is 0.0151. The lowest BCUT2D eigenvalue weighted by atomic mass is 9.98. The van der Waals surface area contributed by atoms with Gasteiger partial charge < -0.3 is 4.74 Å². The number of carbonyl (C=O) groups excluding carboxylic acids is 1. The van der Waals surface area contributed by atoms with Crippen LogP contribution in [0.5, 0.6) is 5.75 Å². The molecular weight excluding hydrogens is 421 g/mol. The molecule has 8 heteroatoms. The van der Waals surface area contributed by atoms with Crippen LogP contribution in [-0.4, -0.2) is 31.8 Å². The Bertz CT molecular complexity index is 953. The molecule has 1 aliphatic rings. The smallest absolute Gasteiger partial charge is 0.314 e. The number of hydrogen-bond donors (Lipinski definition) is 0. The highest BCUT2D eigenvalue weighted by atomic mass is 35.5. The number of carbonyl (C=O) groups is 1. The molecule has 1 saturated heterocycles. The van der Waals surface area contributed by atoms with Gasteiger partial charge in [-0.1, -0.05) is 42.3 Å². The molecule has 2 aromatic carbocycles. The van der Waals surface area contributed by atoms with Gasteiger partial charge >= 0.3 is 5.97 Å². The lowest BCUT2D eigenvalue weighted by Crippen LogP contribution is -2.41. The van der Waals surface area contributed by atoms with Crippen molar-refractivity contribution in [3.63, 3.8) is 0 Å². The number of ether oxygens (including phenoxy) is 1. The van der Waals surface area contributed by atoms with Gasteiger partial charge in [0.15, 0.2) is 0 Å². The van der Waals surface area contributed by atoms with E-state index in [0.717, 1.165) is 12.0 Å². The van der Waals surface area contributed by atoms with Crippen molar-refractivity contribution in [1.29, 1.82) is 0 Å². The van der Waals surface area contributed by atoms with Crippen molar-refractivity contribution in [2.75, 3.05) is 13.1 Å². The van der Waals surface area contributed by atoms with E-state index < -0.39 is 10.0 Å². The lowest BCUT2D eigenvalue weighted by molar-refractivity contribution is -0.140. The maximum atomic E-state index is 12.9. The van der Waals surface area contributed by atoms with Crippen molar-refractivity contribution in [3.05, 3.63) is 58.1 Å². The zero-order chi connectivity index (χ0) is 20.3. The van der Waals surface area contributed by atoms with Crippen molar-refractivity contribution in [2.45, 2.75) is 31.1 Å². The molecule has 0 saturated carbocycles. The zero-order valence-electron chi connectivity index (χ0n) is 15.4. The number of benzene rings is 2. The first-order valence-corrected chi connectivity index (χ1v) is 11.3. The number of aryl methyl sites for hydroxylation is 1. The Balaban J connectivity index is 1.63. The highest BCUT2D eigenvalue weighted by molar-refractivity contribution is 7.89. The molecule has 1 aliphatic heterocycles. The molecule has 5 nitrogen and oxygen atoms in total. The molecule has 0 aliphatic carbocycles. The van der Waals surface area contributed by atoms with Crippen LogP contribution in [0.2, 0.25) is 10.0 Å². The van der Waals surface area contributed by atoms with E-state index >= 15 is 0 Å². The molecule has 28 heavy (non-hydrogen) atoms. The first-order valence-electron chi connectivity index (χ1n) is 9.07. The van der Waals surface area contributed by atoms with Gasteiger partial charge in [-0.3, -0.25) is 4.79 Å². The lowest BCUT2D eigenvalue weighted by Gasteiger charge is -2.30. The number of halogens is 2. The molecule has 0 N–H and O–H groups in total. The van der Waals surface area contributed by atoms with Gasteiger partial charge in [0, 0.05) is 18.1 Å². The van der Waals surface area contributed by atoms with E-state index in [-0.39, 0.29) is 34.9 Å². The molecule has 0 bridgehead atoms. The monoisotopic (exact) mass is 441 g/mol. The Hall–Kier alpha value is -1.60. The summed E-state index contributed by atoms with van der Waals surface area (Å²) in [7, 11) is -3.77. The first-order chi connectivity index (χ1) is 13.3. The molecule has 3 rings (SSSR count). The van der Waals surface area contributed by atoms with E-state index in [0.29, 0.717) is 23.6 Å². The first kappa shape index (κ1) is 21.1. The number of hydrogen-bond acceptors (Lipinski definition) is 4. The number of sulfonamides is 1. The minimum atomic E-state index is -3.77. The van der Waals surface area contributed by atoms with Gasteiger partial charge in [0.1, 0.15) is 10.6 Å². The third-order valence-electron chi connectivity index (χ3n) is 4.85. The summed E-state index contributed by atoms with van der Waals surface area (Å²) in [6, 6.07) is 11.7. The Morgan fingerprint density at radius 3 is 2.36 bits per heavy atom. The summed E-state index contributed by atoms with van der Waals surface area (Å²) in [6.45, 7) is 2.50. The van der Waals surface area contributed by atoms with E-state index in [1.54, 1.807) is 12.1 Å². The maximum absolute atomic E-state index is 12.9. The van der Waals surface area contributed by atoms with Gasteiger partial charge in [-0.25, -0.2) is 8.42 Å². The predicted molar refractivity (Wildman–Crippen MR) is 109 cm³/mol. The third kappa shape index (κ3) is 4.69. The molecule has 0 unspecified atom stereocenters. The van der Waals surface area contributed by atoms with Crippen molar-refractivity contribution < 1.29 is 17.9 Å². The van der Waals surface area contributed by atoms with Crippen LogP contribution in [-0.2, 0) is 21.2 Å². The third-order valence-corrected chi connectivity index (χ3v) is 7.46. The van der Waals surface area contributed by atoms with E-state index in [2.05, 4.69) is 6.92 Å². The van der Waals surface area contributed by atoms with Gasteiger partial charge in [-0.05, 0) is 55.2 Å². The number of piperidine rings is 1. The van der Waals surface area contributed by atoms with Gasteiger partial charge in [0.05, 0.1) is 10.9 Å². The average Bonchev–Trinajstić information content (AvgIpc) is 2.70. The molecular formula is C20H21Cl2NO4S. The van der Waals surface area contributed by atoms with Crippen LogP contribution in [0.4, 0.5) is 0 Å². The molecule has 0 radical (unpaired) electrons. The fourth-order valence-electron chi connectivity index (χ4n) is 3.14. The summed E-state index contributed by atoms with van der Waals surface area (Å²) >= 11 is 12.0. The number of nitrogens with zero attached hydrogens (tertiary/aromatic N) is 1. The summed E-state index contributed by atoms with van der Waals surface area (Å²) in [5.41, 5.74) is 1.16. The van der Waals surface area contributed by atoms with E-state index in [1.165, 1.54) is 22.5 Å². The SMILES string of the molecule is CCc1ccc(OC(=O)C2CCN(S(=O)(=O)c3cc(Cl)ccc3Cl)CC2)cc1. The topological polar surface area (TPSA) is 63.7 Å². The second-order valence-corrected chi connectivity index (χ2v) is 9.42. The summed E-state index contributed by atoms with van der Waals surface area (Å²) in [6.07, 6.45) is 1.70. The molecule has 1 heterocycles. The summed E-state index contributed by atoms with van der Waals surface area (Å²) < 4.78 is 32.5. The summed E-state index contributed by atoms with van der Waals surface area (Å²) in [5.74, 6) is -0.169. The molecule has 0 atom stereocenters. The maximum Gasteiger partial charge on any atom is 0.314 e. The molecule has 0 amide bonds. The van der Waals surface area contributed by atoms with Crippen molar-refractivity contribution in [1.82, 2.24) is 4.31 Å². The van der Waals surface area contributed by atoms with E-state index in [9.17, 15) is 13.2 Å².